The van der Waals surface area contributed by atoms with Gasteiger partial charge in [-0.2, -0.15) is 0 Å². The minimum Gasteiger partial charge on any atom is -0.338 e. The Morgan fingerprint density at radius 2 is 2.05 bits per heavy atom. The van der Waals surface area contributed by atoms with Crippen LogP contribution in [0.4, 0.5) is 10.5 Å². The molecule has 1 aromatic carbocycles. The molecule has 2 amide bonds. The molecule has 2 N–H and O–H groups in total. The Morgan fingerprint density at radius 1 is 1.25 bits per heavy atom. The zero-order valence-corrected chi connectivity index (χ0v) is 12.5. The fraction of sp³-hybridized carbons (Fsp3) is 0.533. The van der Waals surface area contributed by atoms with E-state index in [1.807, 2.05) is 12.1 Å². The predicted molar refractivity (Wildman–Crippen MR) is 83.4 cm³/mol. The van der Waals surface area contributed by atoms with Gasteiger partial charge in [0.1, 0.15) is 0 Å². The first-order valence-corrected chi connectivity index (χ1v) is 7.64. The van der Waals surface area contributed by atoms with Crippen molar-refractivity contribution in [3.63, 3.8) is 0 Å². The molecule has 0 aliphatic carbocycles. The van der Waals surface area contributed by atoms with Crippen molar-refractivity contribution in [2.45, 2.75) is 25.7 Å². The number of likely N-dealkylation sites (tertiary alicyclic amines) is 1. The molecule has 1 saturated heterocycles. The van der Waals surface area contributed by atoms with E-state index >= 15 is 0 Å². The van der Waals surface area contributed by atoms with Crippen molar-refractivity contribution < 1.29 is 4.79 Å². The van der Waals surface area contributed by atoms with Crippen LogP contribution in [0, 0.1) is 0 Å². The van der Waals surface area contributed by atoms with E-state index in [-0.39, 0.29) is 6.03 Å². The Hall–Kier alpha value is -1.26. The molecule has 5 heteroatoms. The second-order valence-electron chi connectivity index (χ2n) is 5.15. The van der Waals surface area contributed by atoms with Crippen molar-refractivity contribution in [2.24, 2.45) is 0 Å². The van der Waals surface area contributed by atoms with Gasteiger partial charge in [0.05, 0.1) is 0 Å². The van der Waals surface area contributed by atoms with E-state index in [9.17, 15) is 4.79 Å². The molecule has 0 unspecified atom stereocenters. The Morgan fingerprint density at radius 3 is 2.80 bits per heavy atom. The number of carbonyl (C=O) groups excluding carboxylic acids is 1. The number of hydrogen-bond donors (Lipinski definition) is 2. The Balaban J connectivity index is 1.60. The average molecular weight is 296 g/mol. The summed E-state index contributed by atoms with van der Waals surface area (Å²) < 4.78 is 0. The summed E-state index contributed by atoms with van der Waals surface area (Å²) in [4.78, 5) is 14.2. The number of halogens is 1. The molecule has 0 saturated carbocycles. The molecular formula is C15H22ClN3O. The van der Waals surface area contributed by atoms with Crippen LogP contribution in [0.3, 0.4) is 0 Å². The highest BCUT2D eigenvalue weighted by Crippen LogP contribution is 2.14. The van der Waals surface area contributed by atoms with E-state index in [1.54, 1.807) is 12.1 Å². The first-order chi connectivity index (χ1) is 9.74. The molecular weight excluding hydrogens is 274 g/mol. The first-order valence-electron chi connectivity index (χ1n) is 7.27. The molecule has 20 heavy (non-hydrogen) atoms. The second-order valence-corrected chi connectivity index (χ2v) is 5.58. The second kappa shape index (κ2) is 8.12. The van der Waals surface area contributed by atoms with E-state index < -0.39 is 0 Å². The minimum absolute atomic E-state index is 0.175. The lowest BCUT2D eigenvalue weighted by atomic mass is 10.1. The highest BCUT2D eigenvalue weighted by molar-refractivity contribution is 6.30. The Labute approximate surface area is 125 Å². The third kappa shape index (κ3) is 5.39. The average Bonchev–Trinajstić information content (AvgIpc) is 2.45. The van der Waals surface area contributed by atoms with Gasteiger partial charge in [0, 0.05) is 17.3 Å². The van der Waals surface area contributed by atoms with Crippen molar-refractivity contribution in [2.75, 3.05) is 31.5 Å². The maximum atomic E-state index is 11.7. The largest absolute Gasteiger partial charge is 0.338 e. The number of nitrogens with zero attached hydrogens (tertiary/aromatic N) is 1. The molecule has 1 aromatic rings. The van der Waals surface area contributed by atoms with Crippen LogP contribution in [0.25, 0.3) is 0 Å². The molecule has 0 atom stereocenters. The van der Waals surface area contributed by atoms with E-state index in [2.05, 4.69) is 15.5 Å². The number of hydrogen-bond acceptors (Lipinski definition) is 2. The third-order valence-corrected chi connectivity index (χ3v) is 3.70. The van der Waals surface area contributed by atoms with Crippen molar-refractivity contribution in [1.82, 2.24) is 10.2 Å². The number of urea groups is 1. The summed E-state index contributed by atoms with van der Waals surface area (Å²) >= 11 is 5.86. The zero-order valence-electron chi connectivity index (χ0n) is 11.7. The van der Waals surface area contributed by atoms with Crippen molar-refractivity contribution >= 4 is 23.3 Å². The normalized spacial score (nSPS) is 15.8. The molecule has 1 aliphatic rings. The predicted octanol–water partition coefficient (Wildman–Crippen LogP) is 3.34. The minimum atomic E-state index is -0.175. The summed E-state index contributed by atoms with van der Waals surface area (Å²) in [6.45, 7) is 4.17. The van der Waals surface area contributed by atoms with Gasteiger partial charge < -0.3 is 15.5 Å². The highest BCUT2D eigenvalue weighted by atomic mass is 35.5. The lowest BCUT2D eigenvalue weighted by molar-refractivity contribution is 0.224. The highest BCUT2D eigenvalue weighted by Gasteiger charge is 2.09. The van der Waals surface area contributed by atoms with Gasteiger partial charge in [0.2, 0.25) is 0 Å². The number of rotatable bonds is 5. The topological polar surface area (TPSA) is 44.4 Å². The standard InChI is InChI=1S/C15H22ClN3O/c16-13-6-4-7-14(12-13)18-15(20)17-8-5-11-19-9-2-1-3-10-19/h4,6-7,12H,1-3,5,8-11H2,(H2,17,18,20). The van der Waals surface area contributed by atoms with Crippen LogP contribution in [0.1, 0.15) is 25.7 Å². The summed E-state index contributed by atoms with van der Waals surface area (Å²) in [5.41, 5.74) is 0.714. The molecule has 1 aliphatic heterocycles. The van der Waals surface area contributed by atoms with Gasteiger partial charge in [0.15, 0.2) is 0 Å². The zero-order chi connectivity index (χ0) is 14.2. The van der Waals surface area contributed by atoms with Crippen LogP contribution < -0.4 is 10.6 Å². The molecule has 4 nitrogen and oxygen atoms in total. The number of carbonyl (C=O) groups is 1. The summed E-state index contributed by atoms with van der Waals surface area (Å²) in [6.07, 6.45) is 4.96. The monoisotopic (exact) mass is 295 g/mol. The Kier molecular flexibility index (Phi) is 6.15. The lowest BCUT2D eigenvalue weighted by Gasteiger charge is -2.26. The van der Waals surface area contributed by atoms with Gasteiger partial charge in [-0.3, -0.25) is 0 Å². The molecule has 0 radical (unpaired) electrons. The quantitative estimate of drug-likeness (QED) is 0.818. The fourth-order valence-electron chi connectivity index (χ4n) is 2.43. The third-order valence-electron chi connectivity index (χ3n) is 3.47. The van der Waals surface area contributed by atoms with Crippen LogP contribution in [0.2, 0.25) is 5.02 Å². The fourth-order valence-corrected chi connectivity index (χ4v) is 2.62. The van der Waals surface area contributed by atoms with E-state index in [4.69, 9.17) is 11.6 Å². The van der Waals surface area contributed by atoms with E-state index in [1.165, 1.54) is 32.4 Å². The van der Waals surface area contributed by atoms with E-state index in [0.29, 0.717) is 17.3 Å². The van der Waals surface area contributed by atoms with Gasteiger partial charge in [-0.1, -0.05) is 24.1 Å². The SMILES string of the molecule is O=C(NCCCN1CCCCC1)Nc1cccc(Cl)c1. The molecule has 1 heterocycles. The number of amides is 2. The lowest BCUT2D eigenvalue weighted by Crippen LogP contribution is -2.34. The maximum absolute atomic E-state index is 11.7. The molecule has 110 valence electrons. The van der Waals surface area contributed by atoms with Crippen LogP contribution in [-0.2, 0) is 0 Å². The summed E-state index contributed by atoms with van der Waals surface area (Å²) in [5, 5.41) is 6.26. The van der Waals surface area contributed by atoms with Crippen LogP contribution in [0.5, 0.6) is 0 Å². The number of nitrogens with one attached hydrogen (secondary N) is 2. The van der Waals surface area contributed by atoms with Gasteiger partial charge in [-0.25, -0.2) is 4.79 Å². The van der Waals surface area contributed by atoms with Gasteiger partial charge in [-0.15, -0.1) is 0 Å². The molecule has 1 fully saturated rings. The van der Waals surface area contributed by atoms with Crippen molar-refractivity contribution in [1.29, 1.82) is 0 Å². The van der Waals surface area contributed by atoms with Crippen molar-refractivity contribution in [3.05, 3.63) is 29.3 Å². The molecule has 0 spiro atoms. The summed E-state index contributed by atoms with van der Waals surface area (Å²) in [7, 11) is 0. The molecule has 0 aromatic heterocycles. The van der Waals surface area contributed by atoms with Gasteiger partial charge in [0.25, 0.3) is 0 Å². The van der Waals surface area contributed by atoms with Crippen LogP contribution in [-0.4, -0.2) is 37.1 Å². The number of anilines is 1. The number of piperidine rings is 1. The summed E-state index contributed by atoms with van der Waals surface area (Å²) in [6, 6.07) is 6.97. The maximum Gasteiger partial charge on any atom is 0.319 e. The molecule has 0 bridgehead atoms. The molecule has 2 rings (SSSR count). The van der Waals surface area contributed by atoms with E-state index in [0.717, 1.165) is 13.0 Å². The van der Waals surface area contributed by atoms with Gasteiger partial charge >= 0.3 is 6.03 Å². The van der Waals surface area contributed by atoms with Gasteiger partial charge in [-0.05, 0) is 57.1 Å². The van der Waals surface area contributed by atoms with Crippen LogP contribution in [0.15, 0.2) is 24.3 Å². The Bertz CT molecular complexity index is 433. The summed E-state index contributed by atoms with van der Waals surface area (Å²) in [5.74, 6) is 0. The number of benzene rings is 1. The van der Waals surface area contributed by atoms with Crippen molar-refractivity contribution in [3.8, 4) is 0 Å². The van der Waals surface area contributed by atoms with Crippen LogP contribution >= 0.6 is 11.6 Å². The smallest absolute Gasteiger partial charge is 0.319 e. The first kappa shape index (κ1) is 15.1.